The van der Waals surface area contributed by atoms with Gasteiger partial charge in [0.1, 0.15) is 0 Å². The Hall–Kier alpha value is 0.797. The molecule has 0 spiro atoms. The lowest BCUT2D eigenvalue weighted by molar-refractivity contribution is -0.0545. The van der Waals surface area contributed by atoms with E-state index in [1.54, 1.807) is 0 Å². The molecule has 3 heteroatoms. The van der Waals surface area contributed by atoms with E-state index in [0.29, 0.717) is 5.41 Å². The fraction of sp³-hybridized carbons (Fsp3) is 1.00. The topological polar surface area (TPSA) is 0 Å². The summed E-state index contributed by atoms with van der Waals surface area (Å²) in [4.78, 5) is 0. The number of rotatable bonds is 3. The van der Waals surface area contributed by atoms with Gasteiger partial charge in [-0.3, -0.25) is 0 Å². The molecule has 0 aromatic rings. The first kappa shape index (κ1) is 11.9. The van der Waals surface area contributed by atoms with E-state index in [1.165, 1.54) is 44.9 Å². The van der Waals surface area contributed by atoms with Crippen LogP contribution in [0, 0.1) is 23.2 Å². The van der Waals surface area contributed by atoms with E-state index in [1.807, 2.05) is 0 Å². The van der Waals surface area contributed by atoms with Crippen molar-refractivity contribution < 1.29 is 0 Å². The quantitative estimate of drug-likeness (QED) is 0.495. The SMILES string of the molecule is C[Si](Cl)(Cl)CCC12CC3CC(CC(C3)C1)C2. The summed E-state index contributed by atoms with van der Waals surface area (Å²) in [7, 11) is 0. The van der Waals surface area contributed by atoms with Gasteiger partial charge in [-0.15, -0.1) is 22.2 Å². The lowest BCUT2D eigenvalue weighted by Gasteiger charge is -2.57. The van der Waals surface area contributed by atoms with Crippen molar-refractivity contribution in [1.82, 2.24) is 0 Å². The van der Waals surface area contributed by atoms with E-state index in [2.05, 4.69) is 6.55 Å². The predicted octanol–water partition coefficient (Wildman–Crippen LogP) is 5.14. The fourth-order valence-corrected chi connectivity index (χ4v) is 6.62. The molecule has 92 valence electrons. The van der Waals surface area contributed by atoms with Gasteiger partial charge >= 0.3 is 0 Å². The monoisotopic (exact) mass is 276 g/mol. The Kier molecular flexibility index (Phi) is 2.89. The van der Waals surface area contributed by atoms with Crippen LogP contribution in [0.1, 0.15) is 44.9 Å². The molecule has 0 nitrogen and oxygen atoms in total. The number of hydrogen-bond acceptors (Lipinski definition) is 0. The lowest BCUT2D eigenvalue weighted by atomic mass is 9.49. The van der Waals surface area contributed by atoms with Crippen molar-refractivity contribution in [3.63, 3.8) is 0 Å². The third-order valence-electron chi connectivity index (χ3n) is 5.26. The highest BCUT2D eigenvalue weighted by atomic mass is 35.7. The summed E-state index contributed by atoms with van der Waals surface area (Å²) in [5, 5.41) is 0. The minimum Gasteiger partial charge on any atom is -0.146 e. The summed E-state index contributed by atoms with van der Waals surface area (Å²) in [6.07, 6.45) is 10.4. The van der Waals surface area contributed by atoms with E-state index in [9.17, 15) is 0 Å². The van der Waals surface area contributed by atoms with Crippen LogP contribution in [0.3, 0.4) is 0 Å². The van der Waals surface area contributed by atoms with Crippen LogP contribution in [0.2, 0.25) is 12.6 Å². The number of halogens is 2. The Morgan fingerprint density at radius 2 is 1.44 bits per heavy atom. The highest BCUT2D eigenvalue weighted by Gasteiger charge is 2.50. The molecule has 0 heterocycles. The summed E-state index contributed by atoms with van der Waals surface area (Å²) < 4.78 is 0. The normalized spacial score (nSPS) is 46.3. The zero-order valence-electron chi connectivity index (χ0n) is 10.1. The Morgan fingerprint density at radius 3 is 1.81 bits per heavy atom. The average Bonchev–Trinajstić information content (AvgIpc) is 2.11. The zero-order valence-corrected chi connectivity index (χ0v) is 12.7. The van der Waals surface area contributed by atoms with Gasteiger partial charge in [-0.05, 0) is 80.7 Å². The maximum Gasteiger partial charge on any atom is 0.248 e. The zero-order chi connectivity index (χ0) is 11.4. The van der Waals surface area contributed by atoms with Crippen molar-refractivity contribution in [2.24, 2.45) is 23.2 Å². The summed E-state index contributed by atoms with van der Waals surface area (Å²) in [5.41, 5.74) is 0.673. The predicted molar refractivity (Wildman–Crippen MR) is 73.4 cm³/mol. The van der Waals surface area contributed by atoms with Crippen LogP contribution in [0.25, 0.3) is 0 Å². The first-order chi connectivity index (χ1) is 7.44. The highest BCUT2D eigenvalue weighted by Crippen LogP contribution is 2.62. The van der Waals surface area contributed by atoms with E-state index >= 15 is 0 Å². The molecule has 0 amide bonds. The van der Waals surface area contributed by atoms with Gasteiger partial charge in [-0.2, -0.15) is 0 Å². The van der Waals surface area contributed by atoms with Crippen molar-refractivity contribution in [3.05, 3.63) is 0 Å². The fourth-order valence-electron chi connectivity index (χ4n) is 5.08. The molecule has 0 N–H and O–H groups in total. The van der Waals surface area contributed by atoms with Crippen LogP contribution in [-0.4, -0.2) is 6.69 Å². The summed E-state index contributed by atoms with van der Waals surface area (Å²) in [6, 6.07) is 1.11. The molecule has 0 unspecified atom stereocenters. The maximum absolute atomic E-state index is 6.28. The minimum atomic E-state index is -1.87. The molecule has 0 aromatic carbocycles. The van der Waals surface area contributed by atoms with Crippen LogP contribution in [-0.2, 0) is 0 Å². The second kappa shape index (κ2) is 3.90. The van der Waals surface area contributed by atoms with Gasteiger partial charge in [-0.1, -0.05) is 0 Å². The van der Waals surface area contributed by atoms with Crippen molar-refractivity contribution in [2.45, 2.75) is 57.5 Å². The molecule has 16 heavy (non-hydrogen) atoms. The molecule has 0 atom stereocenters. The molecule has 4 aliphatic rings. The van der Waals surface area contributed by atoms with Crippen LogP contribution in [0.4, 0.5) is 0 Å². The molecule has 0 aliphatic heterocycles. The van der Waals surface area contributed by atoms with Crippen LogP contribution < -0.4 is 0 Å². The summed E-state index contributed by atoms with van der Waals surface area (Å²) >= 11 is 12.6. The number of hydrogen-bond donors (Lipinski definition) is 0. The molecule has 0 radical (unpaired) electrons. The van der Waals surface area contributed by atoms with E-state index < -0.39 is 6.69 Å². The van der Waals surface area contributed by atoms with Gasteiger partial charge in [0.05, 0.1) is 0 Å². The molecule has 4 bridgehead atoms. The highest BCUT2D eigenvalue weighted by molar-refractivity contribution is 7.44. The third kappa shape index (κ3) is 2.33. The molecule has 4 rings (SSSR count). The van der Waals surface area contributed by atoms with Gasteiger partial charge in [-0.25, -0.2) is 0 Å². The van der Waals surface area contributed by atoms with Crippen molar-refractivity contribution in [3.8, 4) is 0 Å². The first-order valence-corrected chi connectivity index (χ1v) is 11.6. The van der Waals surface area contributed by atoms with Crippen LogP contribution >= 0.6 is 22.2 Å². The molecular formula is C13H22Cl2Si. The maximum atomic E-state index is 6.28. The smallest absolute Gasteiger partial charge is 0.146 e. The molecule has 0 saturated heterocycles. The van der Waals surface area contributed by atoms with Crippen LogP contribution in [0.15, 0.2) is 0 Å². The Balaban J connectivity index is 1.69. The van der Waals surface area contributed by atoms with E-state index in [4.69, 9.17) is 22.2 Å². The average molecular weight is 277 g/mol. The van der Waals surface area contributed by atoms with Gasteiger partial charge in [0.2, 0.25) is 6.69 Å². The second-order valence-electron chi connectivity index (χ2n) is 6.99. The van der Waals surface area contributed by atoms with Gasteiger partial charge < -0.3 is 0 Å². The Labute approximate surface area is 109 Å². The third-order valence-corrected chi connectivity index (χ3v) is 7.52. The molecule has 4 saturated carbocycles. The molecular weight excluding hydrogens is 255 g/mol. The Bertz CT molecular complexity index is 247. The first-order valence-electron chi connectivity index (χ1n) is 6.82. The van der Waals surface area contributed by atoms with Gasteiger partial charge in [0.15, 0.2) is 0 Å². The second-order valence-corrected chi connectivity index (χ2v) is 15.2. The summed E-state index contributed by atoms with van der Waals surface area (Å²) in [6.45, 7) is 0.215. The van der Waals surface area contributed by atoms with Crippen molar-refractivity contribution in [2.75, 3.05) is 0 Å². The molecule has 0 aromatic heterocycles. The van der Waals surface area contributed by atoms with Crippen molar-refractivity contribution in [1.29, 1.82) is 0 Å². The van der Waals surface area contributed by atoms with Gasteiger partial charge in [0.25, 0.3) is 0 Å². The van der Waals surface area contributed by atoms with Crippen LogP contribution in [0.5, 0.6) is 0 Å². The Morgan fingerprint density at radius 1 is 1.00 bits per heavy atom. The van der Waals surface area contributed by atoms with E-state index in [-0.39, 0.29) is 0 Å². The van der Waals surface area contributed by atoms with Crippen molar-refractivity contribution >= 4 is 28.9 Å². The minimum absolute atomic E-state index is 0.673. The standard InChI is InChI=1S/C13H22Cl2Si/c1-16(14,15)3-2-13-7-10-4-11(8-13)6-12(5-10)9-13/h10-12H,2-9H2,1H3. The lowest BCUT2D eigenvalue weighted by Crippen LogP contribution is -2.46. The van der Waals surface area contributed by atoms with Gasteiger partial charge in [0, 0.05) is 0 Å². The summed E-state index contributed by atoms with van der Waals surface area (Å²) in [5.74, 6) is 3.18. The van der Waals surface area contributed by atoms with E-state index in [0.717, 1.165) is 23.8 Å². The largest absolute Gasteiger partial charge is 0.248 e. The molecule has 4 fully saturated rings. The molecule has 4 aliphatic carbocycles.